The summed E-state index contributed by atoms with van der Waals surface area (Å²) in [6.07, 6.45) is 3.54. The zero-order chi connectivity index (χ0) is 12.7. The van der Waals surface area contributed by atoms with Crippen molar-refractivity contribution >= 4 is 33.2 Å². The second-order valence-electron chi connectivity index (χ2n) is 4.10. The van der Waals surface area contributed by atoms with Crippen molar-refractivity contribution in [3.8, 4) is 11.4 Å². The van der Waals surface area contributed by atoms with Gasteiger partial charge in [-0.3, -0.25) is 4.98 Å². The van der Waals surface area contributed by atoms with E-state index in [0.29, 0.717) is 11.0 Å². The first-order valence-electron chi connectivity index (χ1n) is 5.50. The molecule has 0 aromatic carbocycles. The summed E-state index contributed by atoms with van der Waals surface area (Å²) in [7, 11) is 0. The maximum absolute atomic E-state index is 6.22. The molecule has 3 heterocycles. The average molecular weight is 276 g/mol. The van der Waals surface area contributed by atoms with E-state index in [1.807, 2.05) is 26.0 Å². The van der Waals surface area contributed by atoms with Crippen LogP contribution >= 0.6 is 22.9 Å². The van der Waals surface area contributed by atoms with Gasteiger partial charge >= 0.3 is 0 Å². The molecule has 0 amide bonds. The highest BCUT2D eigenvalue weighted by Crippen LogP contribution is 2.31. The highest BCUT2D eigenvalue weighted by atomic mass is 35.5. The Bertz CT molecular complexity index is 736. The maximum Gasteiger partial charge on any atom is 0.162 e. The van der Waals surface area contributed by atoms with Gasteiger partial charge in [-0.25, -0.2) is 9.97 Å². The lowest BCUT2D eigenvalue weighted by molar-refractivity contribution is 1.20. The number of pyridine rings is 1. The van der Waals surface area contributed by atoms with Crippen LogP contribution in [0.3, 0.4) is 0 Å². The van der Waals surface area contributed by atoms with Gasteiger partial charge in [0.1, 0.15) is 9.98 Å². The molecule has 18 heavy (non-hydrogen) atoms. The van der Waals surface area contributed by atoms with Gasteiger partial charge in [0, 0.05) is 28.2 Å². The number of thiophene rings is 1. The van der Waals surface area contributed by atoms with E-state index in [4.69, 9.17) is 11.6 Å². The molecule has 0 aliphatic heterocycles. The third-order valence-corrected chi connectivity index (χ3v) is 3.96. The fourth-order valence-electron chi connectivity index (χ4n) is 1.85. The summed E-state index contributed by atoms with van der Waals surface area (Å²) in [6.45, 7) is 4.03. The monoisotopic (exact) mass is 275 g/mol. The van der Waals surface area contributed by atoms with Crippen LogP contribution in [0.5, 0.6) is 0 Å². The smallest absolute Gasteiger partial charge is 0.162 e. The molecule has 3 aromatic rings. The fraction of sp³-hybridized carbons (Fsp3) is 0.154. The second kappa shape index (κ2) is 4.30. The van der Waals surface area contributed by atoms with Gasteiger partial charge in [-0.1, -0.05) is 11.6 Å². The molecule has 0 aliphatic carbocycles. The first-order valence-corrected chi connectivity index (χ1v) is 6.69. The van der Waals surface area contributed by atoms with Crippen molar-refractivity contribution in [3.63, 3.8) is 0 Å². The topological polar surface area (TPSA) is 38.7 Å². The molecule has 0 aliphatic rings. The summed E-state index contributed by atoms with van der Waals surface area (Å²) in [4.78, 5) is 15.1. The lowest BCUT2D eigenvalue weighted by Crippen LogP contribution is -1.92. The summed E-state index contributed by atoms with van der Waals surface area (Å²) in [6, 6.07) is 3.93. The lowest BCUT2D eigenvalue weighted by atomic mass is 10.1. The summed E-state index contributed by atoms with van der Waals surface area (Å²) < 4.78 is 0. The number of nitrogens with zero attached hydrogens (tertiary/aromatic N) is 3. The van der Waals surface area contributed by atoms with Crippen molar-refractivity contribution in [2.45, 2.75) is 13.8 Å². The van der Waals surface area contributed by atoms with E-state index in [1.165, 1.54) is 4.88 Å². The molecule has 0 spiro atoms. The Labute approximate surface area is 114 Å². The Kier molecular flexibility index (Phi) is 2.76. The molecule has 0 N–H and O–H groups in total. The minimum atomic E-state index is 0.510. The van der Waals surface area contributed by atoms with Gasteiger partial charge in [-0.05, 0) is 31.5 Å². The van der Waals surface area contributed by atoms with E-state index in [0.717, 1.165) is 21.3 Å². The molecular weight excluding hydrogens is 266 g/mol. The van der Waals surface area contributed by atoms with Crippen molar-refractivity contribution in [1.29, 1.82) is 0 Å². The van der Waals surface area contributed by atoms with Gasteiger partial charge < -0.3 is 0 Å². The molecule has 0 fully saturated rings. The number of fused-ring (bicyclic) bond motifs is 1. The van der Waals surface area contributed by atoms with Crippen LogP contribution in [0, 0.1) is 13.8 Å². The molecule has 90 valence electrons. The van der Waals surface area contributed by atoms with Crippen molar-refractivity contribution in [2.24, 2.45) is 0 Å². The van der Waals surface area contributed by atoms with E-state index < -0.39 is 0 Å². The third kappa shape index (κ3) is 1.87. The van der Waals surface area contributed by atoms with Crippen LogP contribution in [-0.2, 0) is 0 Å². The molecule has 5 heteroatoms. The number of rotatable bonds is 1. The zero-order valence-corrected chi connectivity index (χ0v) is 11.5. The number of aromatic nitrogens is 3. The van der Waals surface area contributed by atoms with E-state index >= 15 is 0 Å². The highest BCUT2D eigenvalue weighted by Gasteiger charge is 2.11. The second-order valence-corrected chi connectivity index (χ2v) is 5.70. The predicted octanol–water partition coefficient (Wildman–Crippen LogP) is 4.02. The molecule has 0 unspecified atom stereocenters. The molecule has 0 bridgehead atoms. The first kappa shape index (κ1) is 11.6. The summed E-state index contributed by atoms with van der Waals surface area (Å²) in [5.74, 6) is 0.661. The van der Waals surface area contributed by atoms with E-state index in [1.54, 1.807) is 23.7 Å². The van der Waals surface area contributed by atoms with Crippen LogP contribution in [0.2, 0.25) is 5.15 Å². The van der Waals surface area contributed by atoms with Gasteiger partial charge in [-0.15, -0.1) is 11.3 Å². The Morgan fingerprint density at radius 3 is 2.83 bits per heavy atom. The summed E-state index contributed by atoms with van der Waals surface area (Å²) in [5.41, 5.74) is 2.01. The number of hydrogen-bond donors (Lipinski definition) is 0. The largest absolute Gasteiger partial charge is 0.264 e. The predicted molar refractivity (Wildman–Crippen MR) is 75.1 cm³/mol. The molecule has 0 saturated heterocycles. The number of hydrogen-bond acceptors (Lipinski definition) is 4. The van der Waals surface area contributed by atoms with E-state index in [9.17, 15) is 0 Å². The normalized spacial score (nSPS) is 11.1. The molecule has 3 rings (SSSR count). The van der Waals surface area contributed by atoms with Crippen LogP contribution < -0.4 is 0 Å². The van der Waals surface area contributed by atoms with E-state index in [2.05, 4.69) is 15.0 Å². The number of halogens is 1. The molecule has 3 aromatic heterocycles. The average Bonchev–Trinajstić information content (AvgIpc) is 2.71. The van der Waals surface area contributed by atoms with Crippen LogP contribution in [0.4, 0.5) is 0 Å². The van der Waals surface area contributed by atoms with E-state index in [-0.39, 0.29) is 0 Å². The van der Waals surface area contributed by atoms with Crippen LogP contribution in [-0.4, -0.2) is 15.0 Å². The molecular formula is C13H10ClN3S. The quantitative estimate of drug-likeness (QED) is 0.630. The molecule has 0 atom stereocenters. The minimum Gasteiger partial charge on any atom is -0.264 e. The van der Waals surface area contributed by atoms with Gasteiger partial charge in [0.25, 0.3) is 0 Å². The van der Waals surface area contributed by atoms with Crippen LogP contribution in [0.15, 0.2) is 24.5 Å². The molecule has 0 radical (unpaired) electrons. The molecule has 0 saturated carbocycles. The first-order chi connectivity index (χ1) is 8.65. The Hall–Kier alpha value is -1.52. The van der Waals surface area contributed by atoms with Crippen molar-refractivity contribution in [3.05, 3.63) is 40.1 Å². The highest BCUT2D eigenvalue weighted by molar-refractivity contribution is 7.18. The Balaban J connectivity index is 2.28. The number of aryl methyl sites for hydroxylation is 2. The van der Waals surface area contributed by atoms with Crippen molar-refractivity contribution in [2.75, 3.05) is 0 Å². The summed E-state index contributed by atoms with van der Waals surface area (Å²) >= 11 is 7.85. The van der Waals surface area contributed by atoms with Gasteiger partial charge in [0.2, 0.25) is 0 Å². The van der Waals surface area contributed by atoms with Gasteiger partial charge in [0.15, 0.2) is 5.82 Å². The maximum atomic E-state index is 6.22. The summed E-state index contributed by atoms with van der Waals surface area (Å²) in [5, 5.41) is 1.44. The van der Waals surface area contributed by atoms with Crippen LogP contribution in [0.1, 0.15) is 10.4 Å². The Morgan fingerprint density at radius 2 is 2.06 bits per heavy atom. The van der Waals surface area contributed by atoms with Crippen molar-refractivity contribution < 1.29 is 0 Å². The van der Waals surface area contributed by atoms with Gasteiger partial charge in [-0.2, -0.15) is 0 Å². The minimum absolute atomic E-state index is 0.510. The molecule has 3 nitrogen and oxygen atoms in total. The van der Waals surface area contributed by atoms with Crippen molar-refractivity contribution in [1.82, 2.24) is 15.0 Å². The fourth-order valence-corrected chi connectivity index (χ4v) is 3.01. The standard InChI is InChI=1S/C13H10ClN3S/c1-7-6-15-4-3-9(7)12-16-11(14)10-5-8(2)18-13(10)17-12/h3-6H,1-2H3. The Morgan fingerprint density at radius 1 is 1.22 bits per heavy atom. The SMILES string of the molecule is Cc1cc2c(Cl)nc(-c3ccncc3C)nc2s1. The van der Waals surface area contributed by atoms with Crippen LogP contribution in [0.25, 0.3) is 21.6 Å². The lowest BCUT2D eigenvalue weighted by Gasteiger charge is -2.04. The third-order valence-electron chi connectivity index (χ3n) is 2.73. The zero-order valence-electron chi connectivity index (χ0n) is 9.94. The van der Waals surface area contributed by atoms with Gasteiger partial charge in [0.05, 0.1) is 0 Å².